The lowest BCUT2D eigenvalue weighted by Crippen LogP contribution is -1.98. The van der Waals surface area contributed by atoms with Gasteiger partial charge in [0, 0.05) is 0 Å². The van der Waals surface area contributed by atoms with Gasteiger partial charge in [0.2, 0.25) is 5.78 Å². The quantitative estimate of drug-likeness (QED) is 0.586. The fourth-order valence-electron chi connectivity index (χ4n) is 1.34. The molecule has 0 atom stereocenters. The van der Waals surface area contributed by atoms with E-state index in [1.54, 1.807) is 6.92 Å². The molecule has 0 aromatic heterocycles. The Morgan fingerprint density at radius 3 is 3.00 bits per heavy atom. The summed E-state index contributed by atoms with van der Waals surface area (Å²) in [4.78, 5) is 11.1. The second kappa shape index (κ2) is 2.30. The maximum atomic E-state index is 12.8. The Morgan fingerprint density at radius 1 is 1.50 bits per heavy atom. The number of hydrogen-bond acceptors (Lipinski definition) is 2. The second-order valence-corrected chi connectivity index (χ2v) is 2.81. The zero-order chi connectivity index (χ0) is 8.72. The van der Waals surface area contributed by atoms with E-state index >= 15 is 0 Å². The van der Waals surface area contributed by atoms with Gasteiger partial charge in [-0.15, -0.1) is 0 Å². The third-order valence-corrected chi connectivity index (χ3v) is 1.89. The van der Waals surface area contributed by atoms with Crippen molar-refractivity contribution in [3.8, 4) is 5.75 Å². The largest absolute Gasteiger partial charge is 0.484 e. The lowest BCUT2D eigenvalue weighted by Gasteiger charge is -2.01. The van der Waals surface area contributed by atoms with Gasteiger partial charge in [0.05, 0.1) is 5.56 Å². The van der Waals surface area contributed by atoms with E-state index in [1.807, 2.05) is 0 Å². The molecule has 1 aliphatic heterocycles. The van der Waals surface area contributed by atoms with Crippen LogP contribution in [0.3, 0.4) is 0 Å². The third-order valence-electron chi connectivity index (χ3n) is 1.89. The first-order valence-corrected chi connectivity index (χ1v) is 3.64. The van der Waals surface area contributed by atoms with Crippen molar-refractivity contribution < 1.29 is 13.9 Å². The van der Waals surface area contributed by atoms with E-state index in [2.05, 4.69) is 0 Å². The summed E-state index contributed by atoms with van der Waals surface area (Å²) in [6.45, 7) is 1.76. The summed E-state index contributed by atoms with van der Waals surface area (Å²) >= 11 is 0. The molecule has 0 saturated heterocycles. The number of Topliss-reactive ketones (excluding diaryl/α,β-unsaturated/α-hetero) is 1. The zero-order valence-corrected chi connectivity index (χ0v) is 6.56. The highest BCUT2D eigenvalue weighted by Gasteiger charge is 2.23. The Hall–Kier alpha value is -1.38. The minimum Gasteiger partial charge on any atom is -0.484 e. The third kappa shape index (κ3) is 0.897. The molecule has 0 saturated carbocycles. The molecular weight excluding hydrogens is 159 g/mol. The van der Waals surface area contributed by atoms with E-state index in [0.29, 0.717) is 16.9 Å². The number of carbonyl (C=O) groups is 1. The molecule has 1 aromatic rings. The molecule has 62 valence electrons. The molecular formula is C9H7FO2. The number of fused-ring (bicyclic) bond motifs is 1. The average molecular weight is 166 g/mol. The zero-order valence-electron chi connectivity index (χ0n) is 6.56. The normalized spacial score (nSPS) is 14.3. The van der Waals surface area contributed by atoms with E-state index in [4.69, 9.17) is 4.74 Å². The number of benzene rings is 1. The molecule has 2 rings (SSSR count). The number of aryl methyl sites for hydroxylation is 1. The highest BCUT2D eigenvalue weighted by molar-refractivity contribution is 6.02. The van der Waals surface area contributed by atoms with Gasteiger partial charge in [-0.3, -0.25) is 4.79 Å². The number of hydrogen-bond donors (Lipinski definition) is 0. The van der Waals surface area contributed by atoms with Gasteiger partial charge >= 0.3 is 0 Å². The minimum absolute atomic E-state index is 0.0413. The van der Waals surface area contributed by atoms with Gasteiger partial charge in [0.1, 0.15) is 11.6 Å². The van der Waals surface area contributed by atoms with Crippen molar-refractivity contribution in [3.05, 3.63) is 29.1 Å². The van der Waals surface area contributed by atoms with Crippen LogP contribution in [-0.4, -0.2) is 12.4 Å². The summed E-state index contributed by atoms with van der Waals surface area (Å²) in [6, 6.07) is 2.58. The Bertz CT molecular complexity index is 358. The molecule has 1 heterocycles. The summed E-state index contributed by atoms with van der Waals surface area (Å²) in [5, 5.41) is 0. The molecule has 0 aliphatic carbocycles. The number of halogens is 1. The monoisotopic (exact) mass is 166 g/mol. The number of carbonyl (C=O) groups excluding carboxylic acids is 1. The fourth-order valence-corrected chi connectivity index (χ4v) is 1.34. The van der Waals surface area contributed by atoms with Crippen LogP contribution in [0.1, 0.15) is 15.9 Å². The molecule has 1 aromatic carbocycles. The van der Waals surface area contributed by atoms with Crippen molar-refractivity contribution >= 4 is 5.78 Å². The Labute approximate surface area is 69.0 Å². The first-order valence-electron chi connectivity index (χ1n) is 3.64. The van der Waals surface area contributed by atoms with Crippen LogP contribution in [0, 0.1) is 12.7 Å². The number of ketones is 1. The standard InChI is InChI=1S/C9H7FO2/c1-5-2-6(10)3-7-8(11)4-12-9(5)7/h2-3H,4H2,1H3. The Balaban J connectivity index is 2.68. The van der Waals surface area contributed by atoms with Crippen LogP contribution in [0.5, 0.6) is 5.75 Å². The molecule has 12 heavy (non-hydrogen) atoms. The van der Waals surface area contributed by atoms with Gasteiger partial charge in [0.15, 0.2) is 6.61 Å². The van der Waals surface area contributed by atoms with Crippen LogP contribution < -0.4 is 4.74 Å². The average Bonchev–Trinajstić information content (AvgIpc) is 2.33. The molecule has 0 unspecified atom stereocenters. The van der Waals surface area contributed by atoms with Crippen molar-refractivity contribution in [1.29, 1.82) is 0 Å². The predicted octanol–water partition coefficient (Wildman–Crippen LogP) is 1.71. The number of rotatable bonds is 0. The molecule has 1 aliphatic rings. The number of ether oxygens (including phenoxy) is 1. The molecule has 0 bridgehead atoms. The van der Waals surface area contributed by atoms with Gasteiger partial charge in [-0.1, -0.05) is 0 Å². The van der Waals surface area contributed by atoms with Crippen LogP contribution in [-0.2, 0) is 0 Å². The first kappa shape index (κ1) is 7.28. The van der Waals surface area contributed by atoms with Crippen molar-refractivity contribution in [2.75, 3.05) is 6.61 Å². The maximum absolute atomic E-state index is 12.8. The van der Waals surface area contributed by atoms with E-state index in [-0.39, 0.29) is 18.2 Å². The summed E-state index contributed by atoms with van der Waals surface area (Å²) in [6.07, 6.45) is 0. The molecule has 3 heteroatoms. The smallest absolute Gasteiger partial charge is 0.204 e. The van der Waals surface area contributed by atoms with Crippen LogP contribution in [0.2, 0.25) is 0 Å². The fraction of sp³-hybridized carbons (Fsp3) is 0.222. The summed E-state index contributed by atoms with van der Waals surface area (Å²) in [7, 11) is 0. The summed E-state index contributed by atoms with van der Waals surface area (Å²) in [5.74, 6) is -0.000833. The molecule has 2 nitrogen and oxygen atoms in total. The van der Waals surface area contributed by atoms with Crippen LogP contribution >= 0.6 is 0 Å². The predicted molar refractivity (Wildman–Crippen MR) is 41.0 cm³/mol. The molecule has 0 spiro atoms. The minimum atomic E-state index is -0.384. The molecule has 0 radical (unpaired) electrons. The maximum Gasteiger partial charge on any atom is 0.204 e. The van der Waals surface area contributed by atoms with Crippen LogP contribution in [0.15, 0.2) is 12.1 Å². The van der Waals surface area contributed by atoms with Crippen molar-refractivity contribution in [2.45, 2.75) is 6.92 Å². The van der Waals surface area contributed by atoms with Crippen LogP contribution in [0.4, 0.5) is 4.39 Å². The van der Waals surface area contributed by atoms with E-state index in [0.717, 1.165) is 0 Å². The Kier molecular flexibility index (Phi) is 1.40. The van der Waals surface area contributed by atoms with E-state index < -0.39 is 0 Å². The molecule has 0 amide bonds. The van der Waals surface area contributed by atoms with Gasteiger partial charge < -0.3 is 4.74 Å². The highest BCUT2D eigenvalue weighted by atomic mass is 19.1. The topological polar surface area (TPSA) is 26.3 Å². The lowest BCUT2D eigenvalue weighted by atomic mass is 10.1. The summed E-state index contributed by atoms with van der Waals surface area (Å²) in [5.41, 5.74) is 1.04. The van der Waals surface area contributed by atoms with Gasteiger partial charge in [-0.2, -0.15) is 0 Å². The second-order valence-electron chi connectivity index (χ2n) is 2.81. The van der Waals surface area contributed by atoms with Crippen LogP contribution in [0.25, 0.3) is 0 Å². The molecule has 0 fully saturated rings. The van der Waals surface area contributed by atoms with Crippen molar-refractivity contribution in [2.24, 2.45) is 0 Å². The van der Waals surface area contributed by atoms with E-state index in [1.165, 1.54) is 12.1 Å². The first-order chi connectivity index (χ1) is 5.68. The van der Waals surface area contributed by atoms with Crippen molar-refractivity contribution in [1.82, 2.24) is 0 Å². The summed E-state index contributed by atoms with van der Waals surface area (Å²) < 4.78 is 17.9. The Morgan fingerprint density at radius 2 is 2.25 bits per heavy atom. The lowest BCUT2D eigenvalue weighted by molar-refractivity contribution is 0.0961. The van der Waals surface area contributed by atoms with E-state index in [9.17, 15) is 9.18 Å². The van der Waals surface area contributed by atoms with Crippen molar-refractivity contribution in [3.63, 3.8) is 0 Å². The van der Waals surface area contributed by atoms with Gasteiger partial charge in [0.25, 0.3) is 0 Å². The van der Waals surface area contributed by atoms with Gasteiger partial charge in [-0.25, -0.2) is 4.39 Å². The van der Waals surface area contributed by atoms with Gasteiger partial charge in [-0.05, 0) is 24.6 Å². The SMILES string of the molecule is Cc1cc(F)cc2c1OCC2=O. The molecule has 0 N–H and O–H groups in total. The highest BCUT2D eigenvalue weighted by Crippen LogP contribution is 2.29.